The molecule has 0 saturated carbocycles. The van der Waals surface area contributed by atoms with Crippen molar-refractivity contribution in [3.8, 4) is 5.75 Å². The standard InChI is InChI=1S/C21H28N4O2/c1-15(26)25-10-6-16(7-11-25)13-27-18-2-3-19-20(12-18)23-14-24-21(19)17-4-8-22-9-5-17/h2-3,12,14,16-17,22H,4-11,13H2,1H3. The van der Waals surface area contributed by atoms with Gasteiger partial charge in [0.25, 0.3) is 0 Å². The number of fused-ring (bicyclic) bond motifs is 1. The van der Waals surface area contributed by atoms with E-state index in [2.05, 4.69) is 21.4 Å². The van der Waals surface area contributed by atoms with Gasteiger partial charge in [-0.25, -0.2) is 9.97 Å². The van der Waals surface area contributed by atoms with Gasteiger partial charge < -0.3 is 15.0 Å². The molecule has 144 valence electrons. The van der Waals surface area contributed by atoms with E-state index in [9.17, 15) is 4.79 Å². The Labute approximate surface area is 160 Å². The summed E-state index contributed by atoms with van der Waals surface area (Å²) in [4.78, 5) is 22.4. The van der Waals surface area contributed by atoms with Crippen LogP contribution in [0.15, 0.2) is 24.5 Å². The van der Waals surface area contributed by atoms with Gasteiger partial charge in [0.05, 0.1) is 17.8 Å². The maximum absolute atomic E-state index is 11.4. The van der Waals surface area contributed by atoms with E-state index in [1.165, 1.54) is 5.69 Å². The molecule has 1 N–H and O–H groups in total. The fourth-order valence-electron chi connectivity index (χ4n) is 4.20. The minimum Gasteiger partial charge on any atom is -0.493 e. The fraction of sp³-hybridized carbons (Fsp3) is 0.571. The van der Waals surface area contributed by atoms with E-state index < -0.39 is 0 Å². The van der Waals surface area contributed by atoms with Crippen LogP contribution in [0.5, 0.6) is 5.75 Å². The predicted molar refractivity (Wildman–Crippen MR) is 105 cm³/mol. The number of amides is 1. The van der Waals surface area contributed by atoms with Crippen molar-refractivity contribution in [1.29, 1.82) is 0 Å². The van der Waals surface area contributed by atoms with Crippen molar-refractivity contribution in [2.24, 2.45) is 5.92 Å². The molecule has 2 aliphatic rings. The third kappa shape index (κ3) is 4.21. The summed E-state index contributed by atoms with van der Waals surface area (Å²) in [7, 11) is 0. The molecule has 0 bridgehead atoms. The third-order valence-electron chi connectivity index (χ3n) is 5.91. The Hall–Kier alpha value is -2.21. The van der Waals surface area contributed by atoms with E-state index >= 15 is 0 Å². The molecule has 2 saturated heterocycles. The van der Waals surface area contributed by atoms with Crippen molar-refractivity contribution in [3.05, 3.63) is 30.2 Å². The van der Waals surface area contributed by atoms with Gasteiger partial charge in [-0.3, -0.25) is 4.79 Å². The largest absolute Gasteiger partial charge is 0.493 e. The lowest BCUT2D eigenvalue weighted by Gasteiger charge is -2.31. The minimum absolute atomic E-state index is 0.174. The number of carbonyl (C=O) groups excluding carboxylic acids is 1. The Kier molecular flexibility index (Phi) is 5.53. The van der Waals surface area contributed by atoms with Crippen LogP contribution in [-0.4, -0.2) is 53.6 Å². The predicted octanol–water partition coefficient (Wildman–Crippen LogP) is 2.73. The molecule has 0 unspecified atom stereocenters. The number of benzene rings is 1. The van der Waals surface area contributed by atoms with E-state index in [1.54, 1.807) is 13.3 Å². The summed E-state index contributed by atoms with van der Waals surface area (Å²) in [5, 5.41) is 4.56. The number of aromatic nitrogens is 2. The number of ether oxygens (including phenoxy) is 1. The number of nitrogens with zero attached hydrogens (tertiary/aromatic N) is 3. The summed E-state index contributed by atoms with van der Waals surface area (Å²) in [5.41, 5.74) is 2.13. The van der Waals surface area contributed by atoms with Gasteiger partial charge in [-0.15, -0.1) is 0 Å². The van der Waals surface area contributed by atoms with E-state index in [0.717, 1.165) is 68.5 Å². The minimum atomic E-state index is 0.174. The van der Waals surface area contributed by atoms with Gasteiger partial charge >= 0.3 is 0 Å². The second-order valence-corrected chi connectivity index (χ2v) is 7.72. The first-order valence-corrected chi connectivity index (χ1v) is 10.0. The summed E-state index contributed by atoms with van der Waals surface area (Å²) >= 11 is 0. The Morgan fingerprint density at radius 2 is 1.96 bits per heavy atom. The maximum Gasteiger partial charge on any atom is 0.219 e. The molecule has 0 radical (unpaired) electrons. The Morgan fingerprint density at radius 3 is 2.70 bits per heavy atom. The van der Waals surface area contributed by atoms with Crippen LogP contribution in [-0.2, 0) is 4.79 Å². The van der Waals surface area contributed by atoms with E-state index in [-0.39, 0.29) is 5.91 Å². The van der Waals surface area contributed by atoms with Gasteiger partial charge in [-0.2, -0.15) is 0 Å². The molecule has 27 heavy (non-hydrogen) atoms. The van der Waals surface area contributed by atoms with E-state index in [1.807, 2.05) is 17.0 Å². The fourth-order valence-corrected chi connectivity index (χ4v) is 4.20. The highest BCUT2D eigenvalue weighted by molar-refractivity contribution is 5.82. The van der Waals surface area contributed by atoms with Crippen LogP contribution in [0.25, 0.3) is 10.9 Å². The quantitative estimate of drug-likeness (QED) is 0.899. The normalized spacial score (nSPS) is 19.4. The molecule has 3 heterocycles. The molecule has 2 aromatic rings. The molecule has 2 aliphatic heterocycles. The number of rotatable bonds is 4. The highest BCUT2D eigenvalue weighted by Gasteiger charge is 2.22. The molecule has 0 spiro atoms. The Balaban J connectivity index is 1.41. The zero-order valence-electron chi connectivity index (χ0n) is 16.0. The maximum atomic E-state index is 11.4. The molecule has 1 aromatic heterocycles. The molecule has 2 fully saturated rings. The van der Waals surface area contributed by atoms with Crippen LogP contribution >= 0.6 is 0 Å². The second kappa shape index (κ2) is 8.21. The van der Waals surface area contributed by atoms with Gasteiger partial charge in [-0.1, -0.05) is 0 Å². The van der Waals surface area contributed by atoms with Crippen molar-refractivity contribution in [1.82, 2.24) is 20.2 Å². The molecule has 1 amide bonds. The zero-order chi connectivity index (χ0) is 18.6. The highest BCUT2D eigenvalue weighted by atomic mass is 16.5. The monoisotopic (exact) mass is 368 g/mol. The second-order valence-electron chi connectivity index (χ2n) is 7.72. The lowest BCUT2D eigenvalue weighted by molar-refractivity contribution is -0.130. The van der Waals surface area contributed by atoms with Crippen LogP contribution in [0.1, 0.15) is 44.2 Å². The van der Waals surface area contributed by atoms with Crippen LogP contribution in [0, 0.1) is 5.92 Å². The smallest absolute Gasteiger partial charge is 0.219 e. The Morgan fingerprint density at radius 1 is 1.19 bits per heavy atom. The zero-order valence-corrected chi connectivity index (χ0v) is 16.0. The van der Waals surface area contributed by atoms with Gasteiger partial charge in [-0.05, 0) is 56.8 Å². The molecule has 0 aliphatic carbocycles. The number of nitrogens with one attached hydrogen (secondary N) is 1. The summed E-state index contributed by atoms with van der Waals surface area (Å²) in [6, 6.07) is 6.19. The number of hydrogen-bond donors (Lipinski definition) is 1. The van der Waals surface area contributed by atoms with Crippen LogP contribution < -0.4 is 10.1 Å². The summed E-state index contributed by atoms with van der Waals surface area (Å²) < 4.78 is 6.06. The van der Waals surface area contributed by atoms with Crippen LogP contribution in [0.4, 0.5) is 0 Å². The Bertz CT molecular complexity index is 796. The highest BCUT2D eigenvalue weighted by Crippen LogP contribution is 2.30. The number of piperidine rings is 2. The molecule has 4 rings (SSSR count). The molecular weight excluding hydrogens is 340 g/mol. The first-order chi connectivity index (χ1) is 13.2. The molecule has 1 aromatic carbocycles. The average molecular weight is 368 g/mol. The van der Waals surface area contributed by atoms with Gasteiger partial charge in [0.1, 0.15) is 12.1 Å². The van der Waals surface area contributed by atoms with Crippen molar-refractivity contribution < 1.29 is 9.53 Å². The first kappa shape index (κ1) is 18.2. The number of hydrogen-bond acceptors (Lipinski definition) is 5. The van der Waals surface area contributed by atoms with Crippen molar-refractivity contribution in [3.63, 3.8) is 0 Å². The van der Waals surface area contributed by atoms with E-state index in [0.29, 0.717) is 18.4 Å². The molecule has 6 heteroatoms. The third-order valence-corrected chi connectivity index (χ3v) is 5.91. The molecule has 0 atom stereocenters. The van der Waals surface area contributed by atoms with Crippen LogP contribution in [0.2, 0.25) is 0 Å². The van der Waals surface area contributed by atoms with Gasteiger partial charge in [0.15, 0.2) is 0 Å². The first-order valence-electron chi connectivity index (χ1n) is 10.0. The van der Waals surface area contributed by atoms with Crippen LogP contribution in [0.3, 0.4) is 0 Å². The lowest BCUT2D eigenvalue weighted by atomic mass is 9.92. The number of carbonyl (C=O) groups is 1. The van der Waals surface area contributed by atoms with Crippen molar-refractivity contribution >= 4 is 16.8 Å². The SMILES string of the molecule is CC(=O)N1CCC(COc2ccc3c(C4CCNCC4)ncnc3c2)CC1. The van der Waals surface area contributed by atoms with Gasteiger partial charge in [0.2, 0.25) is 5.91 Å². The van der Waals surface area contributed by atoms with Gasteiger partial charge in [0, 0.05) is 37.4 Å². The molecular formula is C21H28N4O2. The summed E-state index contributed by atoms with van der Waals surface area (Å²) in [6.45, 7) is 6.14. The molecule has 6 nitrogen and oxygen atoms in total. The summed E-state index contributed by atoms with van der Waals surface area (Å²) in [6.07, 6.45) is 5.96. The summed E-state index contributed by atoms with van der Waals surface area (Å²) in [5.74, 6) is 2.06. The van der Waals surface area contributed by atoms with E-state index in [4.69, 9.17) is 4.74 Å². The topological polar surface area (TPSA) is 67.3 Å². The van der Waals surface area contributed by atoms with Crippen molar-refractivity contribution in [2.75, 3.05) is 32.8 Å². The van der Waals surface area contributed by atoms with Crippen molar-refractivity contribution in [2.45, 2.75) is 38.5 Å². The average Bonchev–Trinajstić information content (AvgIpc) is 2.72. The number of likely N-dealkylation sites (tertiary alicyclic amines) is 1. The lowest BCUT2D eigenvalue weighted by Crippen LogP contribution is -2.38.